The van der Waals surface area contributed by atoms with Crippen LogP contribution < -0.4 is 21.3 Å². The Hall–Kier alpha value is -1.93. The number of anilines is 2. The summed E-state index contributed by atoms with van der Waals surface area (Å²) in [5.74, 6) is 5.91. The van der Waals surface area contributed by atoms with E-state index >= 15 is 0 Å². The van der Waals surface area contributed by atoms with Gasteiger partial charge in [-0.1, -0.05) is 28.1 Å². The van der Waals surface area contributed by atoms with Crippen molar-refractivity contribution in [3.63, 3.8) is 0 Å². The van der Waals surface area contributed by atoms with Gasteiger partial charge in [0.05, 0.1) is 7.11 Å². The summed E-state index contributed by atoms with van der Waals surface area (Å²) < 4.78 is 6.00. The molecule has 2 aromatic rings. The molecule has 19 heavy (non-hydrogen) atoms. The van der Waals surface area contributed by atoms with E-state index in [1.807, 2.05) is 24.3 Å². The summed E-state index contributed by atoms with van der Waals surface area (Å²) in [5.41, 5.74) is 3.46. The third-order valence-electron chi connectivity index (χ3n) is 2.29. The van der Waals surface area contributed by atoms with E-state index < -0.39 is 0 Å². The Morgan fingerprint density at radius 3 is 2.47 bits per heavy atom. The Bertz CT molecular complexity index is 525. The molecule has 2 rings (SSSR count). The minimum atomic E-state index is 0.196. The minimum Gasteiger partial charge on any atom is -0.467 e. The molecule has 0 spiro atoms. The first-order valence-corrected chi connectivity index (χ1v) is 6.25. The van der Waals surface area contributed by atoms with E-state index in [0.29, 0.717) is 12.5 Å². The van der Waals surface area contributed by atoms with Gasteiger partial charge in [-0.15, -0.1) is 0 Å². The molecule has 1 aromatic heterocycles. The van der Waals surface area contributed by atoms with E-state index in [2.05, 4.69) is 41.6 Å². The highest BCUT2D eigenvalue weighted by Gasteiger charge is 2.05. The average molecular weight is 325 g/mol. The molecule has 0 aliphatic heterocycles. The molecule has 0 saturated carbocycles. The third kappa shape index (κ3) is 3.76. The molecular formula is C11H13BrN6O. The lowest BCUT2D eigenvalue weighted by molar-refractivity contribution is 0.379. The van der Waals surface area contributed by atoms with E-state index in [1.54, 1.807) is 0 Å². The summed E-state index contributed by atoms with van der Waals surface area (Å²) >= 11 is 3.39. The van der Waals surface area contributed by atoms with Crippen LogP contribution in [0.4, 0.5) is 11.9 Å². The second-order valence-electron chi connectivity index (χ2n) is 3.59. The van der Waals surface area contributed by atoms with E-state index in [1.165, 1.54) is 7.11 Å². The van der Waals surface area contributed by atoms with Crippen molar-refractivity contribution in [1.82, 2.24) is 15.0 Å². The van der Waals surface area contributed by atoms with E-state index in [0.717, 1.165) is 10.0 Å². The number of hydrogen-bond acceptors (Lipinski definition) is 7. The Kier molecular flexibility index (Phi) is 4.48. The molecule has 0 aliphatic rings. The average Bonchev–Trinajstić information content (AvgIpc) is 2.46. The zero-order valence-corrected chi connectivity index (χ0v) is 11.8. The van der Waals surface area contributed by atoms with Crippen molar-refractivity contribution < 1.29 is 4.74 Å². The lowest BCUT2D eigenvalue weighted by Gasteiger charge is -2.07. The first kappa shape index (κ1) is 13.5. The Morgan fingerprint density at radius 1 is 1.16 bits per heavy atom. The summed E-state index contributed by atoms with van der Waals surface area (Å²) in [5, 5.41) is 3.08. The van der Waals surface area contributed by atoms with E-state index in [9.17, 15) is 0 Å². The number of nitrogens with one attached hydrogen (secondary N) is 2. The van der Waals surface area contributed by atoms with Gasteiger partial charge in [0.1, 0.15) is 0 Å². The largest absolute Gasteiger partial charge is 0.467 e. The Labute approximate surface area is 118 Å². The number of ether oxygens (including phenoxy) is 1. The monoisotopic (exact) mass is 324 g/mol. The van der Waals surface area contributed by atoms with Crippen LogP contribution in [0.25, 0.3) is 0 Å². The number of hydrazine groups is 1. The molecule has 1 aromatic carbocycles. The van der Waals surface area contributed by atoms with Gasteiger partial charge in [0, 0.05) is 11.0 Å². The Balaban J connectivity index is 2.08. The lowest BCUT2D eigenvalue weighted by Crippen LogP contribution is -2.14. The molecule has 0 fully saturated rings. The maximum atomic E-state index is 5.27. The van der Waals surface area contributed by atoms with Gasteiger partial charge in [-0.25, -0.2) is 5.84 Å². The van der Waals surface area contributed by atoms with Crippen molar-refractivity contribution in [3.8, 4) is 6.01 Å². The summed E-state index contributed by atoms with van der Waals surface area (Å²) in [6.45, 7) is 0.588. The van der Waals surface area contributed by atoms with Crippen molar-refractivity contribution in [3.05, 3.63) is 34.3 Å². The molecule has 0 amide bonds. The van der Waals surface area contributed by atoms with Crippen LogP contribution in [0.1, 0.15) is 5.56 Å². The highest BCUT2D eigenvalue weighted by Crippen LogP contribution is 2.13. The number of benzene rings is 1. The third-order valence-corrected chi connectivity index (χ3v) is 2.82. The number of nitrogens with two attached hydrogens (primary N) is 1. The highest BCUT2D eigenvalue weighted by atomic mass is 79.9. The molecule has 7 nitrogen and oxygen atoms in total. The smallest absolute Gasteiger partial charge is 0.322 e. The second-order valence-corrected chi connectivity index (χ2v) is 4.51. The van der Waals surface area contributed by atoms with Gasteiger partial charge in [-0.2, -0.15) is 15.0 Å². The van der Waals surface area contributed by atoms with E-state index in [4.69, 9.17) is 10.6 Å². The molecule has 0 atom stereocenters. The highest BCUT2D eigenvalue weighted by molar-refractivity contribution is 9.10. The number of aromatic nitrogens is 3. The molecule has 1 heterocycles. The van der Waals surface area contributed by atoms with Gasteiger partial charge in [0.2, 0.25) is 11.9 Å². The standard InChI is InChI=1S/C11H13BrN6O/c1-19-11-16-9(15-10(17-11)18-13)14-6-7-2-4-8(12)5-3-7/h2-5H,6,13H2,1H3,(H2,14,15,16,17,18). The molecule has 0 bridgehead atoms. The molecule has 8 heteroatoms. The predicted molar refractivity (Wildman–Crippen MR) is 75.7 cm³/mol. The quantitative estimate of drug-likeness (QED) is 0.566. The van der Waals surface area contributed by atoms with Gasteiger partial charge < -0.3 is 10.1 Å². The molecule has 0 radical (unpaired) electrons. The molecule has 0 saturated heterocycles. The van der Waals surface area contributed by atoms with E-state index in [-0.39, 0.29) is 12.0 Å². The fraction of sp³-hybridized carbons (Fsp3) is 0.182. The fourth-order valence-corrected chi connectivity index (χ4v) is 1.64. The lowest BCUT2D eigenvalue weighted by atomic mass is 10.2. The van der Waals surface area contributed by atoms with Crippen molar-refractivity contribution in [1.29, 1.82) is 0 Å². The maximum absolute atomic E-state index is 5.27. The van der Waals surface area contributed by atoms with Crippen LogP contribution in [0.5, 0.6) is 6.01 Å². The van der Waals surface area contributed by atoms with Crippen molar-refractivity contribution in [2.24, 2.45) is 5.84 Å². The number of halogens is 1. The van der Waals surface area contributed by atoms with Crippen LogP contribution in [0.3, 0.4) is 0 Å². The van der Waals surface area contributed by atoms with Crippen LogP contribution >= 0.6 is 15.9 Å². The summed E-state index contributed by atoms with van der Waals surface area (Å²) in [6.07, 6.45) is 0. The Morgan fingerprint density at radius 2 is 1.84 bits per heavy atom. The van der Waals surface area contributed by atoms with Gasteiger partial charge in [-0.05, 0) is 17.7 Å². The number of methoxy groups -OCH3 is 1. The maximum Gasteiger partial charge on any atom is 0.322 e. The van der Waals surface area contributed by atoms with Gasteiger partial charge in [0.15, 0.2) is 0 Å². The molecule has 4 N–H and O–H groups in total. The summed E-state index contributed by atoms with van der Waals surface area (Å²) in [7, 11) is 1.48. The van der Waals surface area contributed by atoms with Crippen LogP contribution in [-0.2, 0) is 6.54 Å². The number of rotatable bonds is 5. The SMILES string of the molecule is COc1nc(NN)nc(NCc2ccc(Br)cc2)n1. The minimum absolute atomic E-state index is 0.196. The van der Waals surface area contributed by atoms with Crippen molar-refractivity contribution in [2.45, 2.75) is 6.54 Å². The van der Waals surface area contributed by atoms with Gasteiger partial charge in [0.25, 0.3) is 0 Å². The molecule has 100 valence electrons. The zero-order valence-electron chi connectivity index (χ0n) is 10.2. The fourth-order valence-electron chi connectivity index (χ4n) is 1.37. The zero-order chi connectivity index (χ0) is 13.7. The normalized spacial score (nSPS) is 10.1. The molecule has 0 aliphatic carbocycles. The molecular weight excluding hydrogens is 312 g/mol. The van der Waals surface area contributed by atoms with Crippen LogP contribution in [0, 0.1) is 0 Å². The second kappa shape index (κ2) is 6.30. The number of nitrogen functional groups attached to an aromatic ring is 1. The van der Waals surface area contributed by atoms with Crippen LogP contribution in [-0.4, -0.2) is 22.1 Å². The van der Waals surface area contributed by atoms with Crippen molar-refractivity contribution >= 4 is 27.8 Å². The number of hydrogen-bond donors (Lipinski definition) is 3. The summed E-state index contributed by atoms with van der Waals surface area (Å²) in [6, 6.07) is 8.13. The topological polar surface area (TPSA) is 98.0 Å². The van der Waals surface area contributed by atoms with Crippen LogP contribution in [0.2, 0.25) is 0 Å². The summed E-state index contributed by atoms with van der Waals surface area (Å²) in [4.78, 5) is 12.1. The first-order chi connectivity index (χ1) is 9.21. The van der Waals surface area contributed by atoms with Crippen LogP contribution in [0.15, 0.2) is 28.7 Å². The predicted octanol–water partition coefficient (Wildman–Crippen LogP) is 1.54. The first-order valence-electron chi connectivity index (χ1n) is 5.46. The molecule has 0 unspecified atom stereocenters. The van der Waals surface area contributed by atoms with Crippen molar-refractivity contribution in [2.75, 3.05) is 17.9 Å². The van der Waals surface area contributed by atoms with Gasteiger partial charge in [-0.3, -0.25) is 5.43 Å². The number of nitrogens with zero attached hydrogens (tertiary/aromatic N) is 3. The van der Waals surface area contributed by atoms with Gasteiger partial charge >= 0.3 is 6.01 Å².